The van der Waals surface area contributed by atoms with E-state index in [1.54, 1.807) is 6.07 Å². The molecule has 0 radical (unpaired) electrons. The van der Waals surface area contributed by atoms with Crippen molar-refractivity contribution in [3.05, 3.63) is 87.7 Å². The lowest BCUT2D eigenvalue weighted by atomic mass is 10.0. The van der Waals surface area contributed by atoms with Crippen LogP contribution in [0.25, 0.3) is 5.69 Å². The molecule has 0 aliphatic heterocycles. The number of nitrogens with zero attached hydrogens (tertiary/aromatic N) is 2. The molecule has 3 rings (SSSR count). The monoisotopic (exact) mass is 368 g/mol. The predicted molar refractivity (Wildman–Crippen MR) is 101 cm³/mol. The first-order chi connectivity index (χ1) is 12.5. The lowest BCUT2D eigenvalue weighted by Crippen LogP contribution is -2.21. The van der Waals surface area contributed by atoms with Crippen molar-refractivity contribution in [3.8, 4) is 5.69 Å². The van der Waals surface area contributed by atoms with E-state index in [2.05, 4.69) is 4.98 Å². The number of ketones is 1. The van der Waals surface area contributed by atoms with Crippen LogP contribution in [0.4, 0.5) is 4.39 Å². The number of halogens is 1. The van der Waals surface area contributed by atoms with Gasteiger partial charge in [-0.15, -0.1) is 0 Å². The Morgan fingerprint density at radius 3 is 2.77 bits per heavy atom. The number of Topliss-reactive ketones (excluding diaryl/α,β-unsaturated/α-hetero) is 1. The Morgan fingerprint density at radius 1 is 1.19 bits per heavy atom. The molecule has 4 nitrogen and oxygen atoms in total. The van der Waals surface area contributed by atoms with Crippen LogP contribution in [0.5, 0.6) is 0 Å². The summed E-state index contributed by atoms with van der Waals surface area (Å²) in [6, 6.07) is 11.5. The lowest BCUT2D eigenvalue weighted by molar-refractivity contribution is 0.102. The van der Waals surface area contributed by atoms with Gasteiger partial charge in [0.2, 0.25) is 0 Å². The molecule has 1 aromatic heterocycles. The molecule has 132 valence electrons. The zero-order chi connectivity index (χ0) is 18.7. The van der Waals surface area contributed by atoms with Crippen LogP contribution in [0.1, 0.15) is 21.5 Å². The molecule has 6 heteroatoms. The highest BCUT2D eigenvalue weighted by Crippen LogP contribution is 2.17. The molecule has 0 aliphatic rings. The number of carbonyl (C=O) groups excluding carboxylic acids is 1. The van der Waals surface area contributed by atoms with Gasteiger partial charge in [0.15, 0.2) is 10.8 Å². The Balaban J connectivity index is 1.83. The van der Waals surface area contributed by atoms with Crippen molar-refractivity contribution in [2.45, 2.75) is 18.9 Å². The average molecular weight is 368 g/mol. The van der Waals surface area contributed by atoms with E-state index in [1.165, 1.54) is 35.2 Å². The van der Waals surface area contributed by atoms with Crippen LogP contribution in [0.15, 0.2) is 64.7 Å². The van der Waals surface area contributed by atoms with E-state index in [-0.39, 0.29) is 22.1 Å². The van der Waals surface area contributed by atoms with Gasteiger partial charge in [0.1, 0.15) is 5.82 Å². The number of aromatic nitrogens is 2. The third-order valence-electron chi connectivity index (χ3n) is 3.93. The zero-order valence-electron chi connectivity index (χ0n) is 14.4. The Hall–Kier alpha value is -2.73. The average Bonchev–Trinajstić information content (AvgIpc) is 2.62. The molecule has 0 aliphatic carbocycles. The quantitative estimate of drug-likeness (QED) is 0.505. The number of carbonyl (C=O) groups is 1. The minimum absolute atomic E-state index is 0.0569. The zero-order valence-corrected chi connectivity index (χ0v) is 15.2. The number of aryl methyl sites for hydroxylation is 2. The maximum atomic E-state index is 13.4. The second-order valence-electron chi connectivity index (χ2n) is 5.92. The normalized spacial score (nSPS) is 10.7. The second kappa shape index (κ2) is 7.66. The molecule has 3 aromatic rings. The van der Waals surface area contributed by atoms with Gasteiger partial charge in [-0.2, -0.15) is 0 Å². The highest BCUT2D eigenvalue weighted by molar-refractivity contribution is 7.99. The fourth-order valence-electron chi connectivity index (χ4n) is 2.57. The summed E-state index contributed by atoms with van der Waals surface area (Å²) in [5, 5.41) is 0.204. The maximum absolute atomic E-state index is 13.4. The van der Waals surface area contributed by atoms with Crippen molar-refractivity contribution < 1.29 is 9.18 Å². The van der Waals surface area contributed by atoms with Gasteiger partial charge in [0, 0.05) is 18.0 Å². The molecular formula is C20H17FN2O2S. The van der Waals surface area contributed by atoms with E-state index in [0.717, 1.165) is 22.9 Å². The third kappa shape index (κ3) is 3.91. The van der Waals surface area contributed by atoms with Crippen molar-refractivity contribution in [2.75, 3.05) is 5.75 Å². The Morgan fingerprint density at radius 2 is 2.00 bits per heavy atom. The highest BCUT2D eigenvalue weighted by Gasteiger charge is 2.13. The molecule has 0 amide bonds. The fraction of sp³-hybridized carbons (Fsp3) is 0.150. The topological polar surface area (TPSA) is 52.0 Å². The van der Waals surface area contributed by atoms with Gasteiger partial charge in [-0.1, -0.05) is 35.5 Å². The van der Waals surface area contributed by atoms with Crippen LogP contribution in [0.2, 0.25) is 0 Å². The SMILES string of the molecule is Cc1ccc(C)c(C(=O)CSc2nccn(-c3cccc(F)c3)c2=O)c1. The van der Waals surface area contributed by atoms with Crippen LogP contribution in [0.3, 0.4) is 0 Å². The molecule has 0 saturated carbocycles. The summed E-state index contributed by atoms with van der Waals surface area (Å²) < 4.78 is 14.7. The first kappa shape index (κ1) is 18.1. The summed E-state index contributed by atoms with van der Waals surface area (Å²) in [6.45, 7) is 3.81. The minimum atomic E-state index is -0.425. The van der Waals surface area contributed by atoms with Crippen LogP contribution in [-0.4, -0.2) is 21.1 Å². The fourth-order valence-corrected chi connectivity index (χ4v) is 3.35. The van der Waals surface area contributed by atoms with Gasteiger partial charge in [0.05, 0.1) is 11.4 Å². The van der Waals surface area contributed by atoms with Gasteiger partial charge in [0.25, 0.3) is 5.56 Å². The smallest absolute Gasteiger partial charge is 0.287 e. The van der Waals surface area contributed by atoms with E-state index in [4.69, 9.17) is 0 Å². The molecule has 1 heterocycles. The number of hydrogen-bond acceptors (Lipinski definition) is 4. The standard InChI is InChI=1S/C20H17FN2O2S/c1-13-6-7-14(2)17(10-13)18(24)12-26-19-20(25)23(9-8-22-19)16-5-3-4-15(21)11-16/h3-11H,12H2,1-2H3. The van der Waals surface area contributed by atoms with Crippen molar-refractivity contribution in [1.82, 2.24) is 9.55 Å². The van der Waals surface area contributed by atoms with Crippen molar-refractivity contribution in [1.29, 1.82) is 0 Å². The molecule has 0 spiro atoms. The van der Waals surface area contributed by atoms with Gasteiger partial charge >= 0.3 is 0 Å². The number of hydrogen-bond donors (Lipinski definition) is 0. The molecule has 26 heavy (non-hydrogen) atoms. The molecule has 0 atom stereocenters. The summed E-state index contributed by atoms with van der Waals surface area (Å²) in [7, 11) is 0. The van der Waals surface area contributed by atoms with Crippen molar-refractivity contribution >= 4 is 17.5 Å². The first-order valence-corrected chi connectivity index (χ1v) is 9.01. The highest BCUT2D eigenvalue weighted by atomic mass is 32.2. The summed E-state index contributed by atoms with van der Waals surface area (Å²) in [5.41, 5.74) is 2.60. The molecule has 0 bridgehead atoms. The van der Waals surface area contributed by atoms with Crippen molar-refractivity contribution in [3.63, 3.8) is 0 Å². The number of benzene rings is 2. The van der Waals surface area contributed by atoms with E-state index < -0.39 is 5.82 Å². The van der Waals surface area contributed by atoms with E-state index in [9.17, 15) is 14.0 Å². The molecule has 0 unspecified atom stereocenters. The number of thioether (sulfide) groups is 1. The lowest BCUT2D eigenvalue weighted by Gasteiger charge is -2.08. The van der Waals surface area contributed by atoms with Crippen molar-refractivity contribution in [2.24, 2.45) is 0 Å². The summed E-state index contributed by atoms with van der Waals surface area (Å²) in [4.78, 5) is 29.2. The molecule has 0 saturated heterocycles. The van der Waals surface area contributed by atoms with E-state index in [0.29, 0.717) is 11.3 Å². The van der Waals surface area contributed by atoms with Gasteiger partial charge in [-0.3, -0.25) is 14.2 Å². The molecule has 0 N–H and O–H groups in total. The van der Waals surface area contributed by atoms with Crippen LogP contribution in [-0.2, 0) is 0 Å². The Kier molecular flexibility index (Phi) is 5.32. The largest absolute Gasteiger partial charge is 0.293 e. The molecule has 0 fully saturated rings. The summed E-state index contributed by atoms with van der Waals surface area (Å²) in [5.74, 6) is -0.372. The predicted octanol–water partition coefficient (Wildman–Crippen LogP) is 3.96. The Labute approximate surface area is 154 Å². The van der Waals surface area contributed by atoms with Crippen LogP contribution >= 0.6 is 11.8 Å². The van der Waals surface area contributed by atoms with Gasteiger partial charge in [-0.25, -0.2) is 9.37 Å². The number of rotatable bonds is 5. The van der Waals surface area contributed by atoms with Gasteiger partial charge < -0.3 is 0 Å². The Bertz CT molecular complexity index is 1030. The second-order valence-corrected chi connectivity index (χ2v) is 6.88. The van der Waals surface area contributed by atoms with Crippen LogP contribution in [0, 0.1) is 19.7 Å². The van der Waals surface area contributed by atoms with E-state index in [1.807, 2.05) is 32.0 Å². The maximum Gasteiger partial charge on any atom is 0.287 e. The molecular weight excluding hydrogens is 351 g/mol. The molecule has 2 aromatic carbocycles. The van der Waals surface area contributed by atoms with Crippen LogP contribution < -0.4 is 5.56 Å². The van der Waals surface area contributed by atoms with E-state index >= 15 is 0 Å². The van der Waals surface area contributed by atoms with Gasteiger partial charge in [-0.05, 0) is 43.7 Å². The summed E-state index contributed by atoms with van der Waals surface area (Å²) in [6.07, 6.45) is 2.95. The summed E-state index contributed by atoms with van der Waals surface area (Å²) >= 11 is 1.09. The minimum Gasteiger partial charge on any atom is -0.293 e. The third-order valence-corrected chi connectivity index (χ3v) is 4.89. The first-order valence-electron chi connectivity index (χ1n) is 8.02.